The molecule has 0 saturated carbocycles. The fraction of sp³-hybridized carbons (Fsp3) is 0.444. The molecule has 4 rings (SSSR count). The first kappa shape index (κ1) is 27.3. The molecular formula is C27H35Cl2N3O3. The van der Waals surface area contributed by atoms with Crippen LogP contribution in [0.3, 0.4) is 0 Å². The number of rotatable bonds is 9. The molecule has 0 radical (unpaired) electrons. The molecule has 1 aliphatic rings. The number of hydrogen-bond donors (Lipinski definition) is 0. The van der Waals surface area contributed by atoms with E-state index >= 15 is 0 Å². The molecule has 0 bridgehead atoms. The van der Waals surface area contributed by atoms with Gasteiger partial charge in [0.2, 0.25) is 0 Å². The van der Waals surface area contributed by atoms with Gasteiger partial charge in [0.05, 0.1) is 27.9 Å². The molecule has 0 aliphatic carbocycles. The summed E-state index contributed by atoms with van der Waals surface area (Å²) in [5.41, 5.74) is 1.75. The highest BCUT2D eigenvalue weighted by Crippen LogP contribution is 2.32. The Labute approximate surface area is 217 Å². The molecule has 3 aromatic rings. The third-order valence-corrected chi connectivity index (χ3v) is 6.81. The second-order valence-corrected chi connectivity index (χ2v) is 8.98. The molecule has 1 aliphatic heterocycles. The molecule has 1 aromatic heterocycles. The Balaban J connectivity index is 0.00000167. The second kappa shape index (κ2) is 13.7. The van der Waals surface area contributed by atoms with Gasteiger partial charge in [-0.2, -0.15) is 0 Å². The van der Waals surface area contributed by atoms with E-state index in [1.807, 2.05) is 56.3 Å². The van der Waals surface area contributed by atoms with E-state index in [1.165, 1.54) is 0 Å². The van der Waals surface area contributed by atoms with Crippen LogP contribution >= 0.6 is 23.2 Å². The normalized spacial score (nSPS) is 14.0. The minimum atomic E-state index is -0.0840. The third-order valence-electron chi connectivity index (χ3n) is 6.00. The molecule has 1 fully saturated rings. The molecular weight excluding hydrogens is 485 g/mol. The Morgan fingerprint density at radius 2 is 1.69 bits per heavy atom. The number of hydrogen-bond acceptors (Lipinski definition) is 5. The van der Waals surface area contributed by atoms with Gasteiger partial charge in [-0.25, -0.2) is 0 Å². The quantitative estimate of drug-likeness (QED) is 0.328. The summed E-state index contributed by atoms with van der Waals surface area (Å²) in [6.07, 6.45) is 2.04. The molecule has 35 heavy (non-hydrogen) atoms. The lowest BCUT2D eigenvalue weighted by molar-refractivity contribution is 0.132. The number of benzene rings is 2. The van der Waals surface area contributed by atoms with Gasteiger partial charge in [0.1, 0.15) is 12.5 Å². The first-order valence-electron chi connectivity index (χ1n) is 12.2. The Bertz CT molecular complexity index is 1140. The highest BCUT2D eigenvalue weighted by Gasteiger charge is 2.19. The minimum absolute atomic E-state index is 0.0840. The SMILES string of the molecule is CC.COCn1c(=O)ccc2ccc(OCCCCN3CCN(c4cccc(Cl)c4Cl)CC3)cc21. The monoisotopic (exact) mass is 519 g/mol. The van der Waals surface area contributed by atoms with Crippen molar-refractivity contribution in [3.63, 3.8) is 0 Å². The molecule has 2 heterocycles. The molecule has 0 unspecified atom stereocenters. The molecule has 8 heteroatoms. The predicted octanol–water partition coefficient (Wildman–Crippen LogP) is 5.92. The van der Waals surface area contributed by atoms with Gasteiger partial charge in [0.15, 0.2) is 0 Å². The summed E-state index contributed by atoms with van der Waals surface area (Å²) in [4.78, 5) is 16.9. The van der Waals surface area contributed by atoms with Crippen LogP contribution in [0.5, 0.6) is 5.75 Å². The van der Waals surface area contributed by atoms with E-state index in [2.05, 4.69) is 9.80 Å². The van der Waals surface area contributed by atoms with Crippen LogP contribution < -0.4 is 15.2 Å². The summed E-state index contributed by atoms with van der Waals surface area (Å²) in [6.45, 7) is 9.80. The standard InChI is InChI=1S/C25H29Cl2N3O3.C2H6/c1-32-18-30-23-17-20(9-7-19(23)8-10-24(30)31)33-16-3-2-11-28-12-14-29(15-13-28)22-6-4-5-21(26)25(22)27;1-2/h4-10,17H,2-3,11-16,18H2,1H3;1-2H3. The molecule has 2 aromatic carbocycles. The smallest absolute Gasteiger partial charge is 0.252 e. The van der Waals surface area contributed by atoms with E-state index in [0.29, 0.717) is 16.7 Å². The highest BCUT2D eigenvalue weighted by atomic mass is 35.5. The number of aromatic nitrogens is 1. The van der Waals surface area contributed by atoms with Crippen molar-refractivity contribution in [3.05, 3.63) is 68.9 Å². The van der Waals surface area contributed by atoms with Crippen LogP contribution in [0.15, 0.2) is 53.3 Å². The number of anilines is 1. The van der Waals surface area contributed by atoms with Crippen LogP contribution in [-0.2, 0) is 11.5 Å². The van der Waals surface area contributed by atoms with Gasteiger partial charge in [0.25, 0.3) is 5.56 Å². The lowest BCUT2D eigenvalue weighted by Crippen LogP contribution is -2.46. The van der Waals surface area contributed by atoms with Gasteiger partial charge in [-0.3, -0.25) is 14.3 Å². The number of fused-ring (bicyclic) bond motifs is 1. The summed E-state index contributed by atoms with van der Waals surface area (Å²) in [5.74, 6) is 0.768. The summed E-state index contributed by atoms with van der Waals surface area (Å²) in [5, 5.41) is 2.22. The Morgan fingerprint density at radius 3 is 2.43 bits per heavy atom. The summed E-state index contributed by atoms with van der Waals surface area (Å²) in [7, 11) is 1.58. The predicted molar refractivity (Wildman–Crippen MR) is 146 cm³/mol. The van der Waals surface area contributed by atoms with Crippen molar-refractivity contribution < 1.29 is 9.47 Å². The van der Waals surface area contributed by atoms with Gasteiger partial charge in [-0.05, 0) is 55.1 Å². The third kappa shape index (κ3) is 7.14. The highest BCUT2D eigenvalue weighted by molar-refractivity contribution is 6.43. The molecule has 0 atom stereocenters. The van der Waals surface area contributed by atoms with Crippen molar-refractivity contribution in [2.45, 2.75) is 33.4 Å². The summed E-state index contributed by atoms with van der Waals surface area (Å²) in [6, 6.07) is 15.0. The number of nitrogens with zero attached hydrogens (tertiary/aromatic N) is 3. The zero-order chi connectivity index (χ0) is 25.2. The van der Waals surface area contributed by atoms with Crippen molar-refractivity contribution in [2.24, 2.45) is 0 Å². The van der Waals surface area contributed by atoms with Crippen molar-refractivity contribution in [3.8, 4) is 5.75 Å². The van der Waals surface area contributed by atoms with Gasteiger partial charge in [-0.1, -0.05) is 43.1 Å². The Hall–Kier alpha value is -2.25. The maximum absolute atomic E-state index is 12.1. The van der Waals surface area contributed by atoms with Crippen LogP contribution in [0.2, 0.25) is 10.0 Å². The topological polar surface area (TPSA) is 46.9 Å². The van der Waals surface area contributed by atoms with E-state index in [9.17, 15) is 4.79 Å². The van der Waals surface area contributed by atoms with E-state index in [-0.39, 0.29) is 12.3 Å². The minimum Gasteiger partial charge on any atom is -0.494 e. The van der Waals surface area contributed by atoms with Crippen LogP contribution in [0.4, 0.5) is 5.69 Å². The van der Waals surface area contributed by atoms with Crippen LogP contribution in [0, 0.1) is 0 Å². The fourth-order valence-corrected chi connectivity index (χ4v) is 4.61. The van der Waals surface area contributed by atoms with Crippen LogP contribution in [0.25, 0.3) is 10.9 Å². The van der Waals surface area contributed by atoms with Crippen molar-refractivity contribution in [1.29, 1.82) is 0 Å². The number of unbranched alkanes of at least 4 members (excludes halogenated alkanes) is 1. The zero-order valence-corrected chi connectivity index (χ0v) is 22.3. The maximum atomic E-state index is 12.1. The maximum Gasteiger partial charge on any atom is 0.252 e. The molecule has 0 spiro atoms. The molecule has 0 N–H and O–H groups in total. The fourth-order valence-electron chi connectivity index (χ4n) is 4.20. The van der Waals surface area contributed by atoms with E-state index in [4.69, 9.17) is 32.7 Å². The number of piperazine rings is 1. The zero-order valence-electron chi connectivity index (χ0n) is 20.8. The number of halogens is 2. The van der Waals surface area contributed by atoms with Crippen LogP contribution in [0.1, 0.15) is 26.7 Å². The largest absolute Gasteiger partial charge is 0.494 e. The number of ether oxygens (including phenoxy) is 2. The van der Waals surface area contributed by atoms with E-state index < -0.39 is 0 Å². The number of pyridine rings is 1. The van der Waals surface area contributed by atoms with Gasteiger partial charge >= 0.3 is 0 Å². The van der Waals surface area contributed by atoms with E-state index in [1.54, 1.807) is 17.7 Å². The second-order valence-electron chi connectivity index (χ2n) is 8.20. The van der Waals surface area contributed by atoms with Crippen molar-refractivity contribution >= 4 is 39.8 Å². The first-order valence-corrected chi connectivity index (χ1v) is 13.0. The lowest BCUT2D eigenvalue weighted by Gasteiger charge is -2.36. The average Bonchev–Trinajstić information content (AvgIpc) is 2.89. The van der Waals surface area contributed by atoms with Crippen molar-refractivity contribution in [2.75, 3.05) is 51.3 Å². The Morgan fingerprint density at radius 1 is 0.943 bits per heavy atom. The molecule has 1 saturated heterocycles. The summed E-state index contributed by atoms with van der Waals surface area (Å²) < 4.78 is 12.7. The average molecular weight is 521 g/mol. The van der Waals surface area contributed by atoms with E-state index in [0.717, 1.165) is 67.9 Å². The Kier molecular flexibility index (Phi) is 10.7. The lowest BCUT2D eigenvalue weighted by atomic mass is 10.2. The molecule has 6 nitrogen and oxygen atoms in total. The molecule has 0 amide bonds. The van der Waals surface area contributed by atoms with Gasteiger partial charge < -0.3 is 14.4 Å². The van der Waals surface area contributed by atoms with Gasteiger partial charge in [0, 0.05) is 45.4 Å². The van der Waals surface area contributed by atoms with Gasteiger partial charge in [-0.15, -0.1) is 0 Å². The first-order chi connectivity index (χ1) is 17.1. The van der Waals surface area contributed by atoms with Crippen molar-refractivity contribution in [1.82, 2.24) is 9.47 Å². The number of methoxy groups -OCH3 is 1. The summed E-state index contributed by atoms with van der Waals surface area (Å²) >= 11 is 12.5. The van der Waals surface area contributed by atoms with Crippen LogP contribution in [-0.4, -0.2) is 55.9 Å². The molecule has 190 valence electrons.